The Bertz CT molecular complexity index is 369. The van der Waals surface area contributed by atoms with Gasteiger partial charge in [0.05, 0.1) is 7.11 Å². The molecule has 0 aliphatic carbocycles. The maximum absolute atomic E-state index is 11.5. The molecule has 1 rings (SSSR count). The summed E-state index contributed by atoms with van der Waals surface area (Å²) < 4.78 is 9.53. The van der Waals surface area contributed by atoms with Crippen molar-refractivity contribution in [2.24, 2.45) is 0 Å². The van der Waals surface area contributed by atoms with Crippen molar-refractivity contribution in [1.82, 2.24) is 0 Å². The normalized spacial score (nSPS) is 14.3. The molecule has 5 heteroatoms. The third-order valence-corrected chi connectivity index (χ3v) is 2.55. The second-order valence-corrected chi connectivity index (χ2v) is 3.41. The van der Waals surface area contributed by atoms with Crippen molar-refractivity contribution in [2.45, 2.75) is 5.06 Å². The lowest BCUT2D eigenvalue weighted by atomic mass is 10.1. The van der Waals surface area contributed by atoms with Crippen LogP contribution in [0.2, 0.25) is 0 Å². The Morgan fingerprint density at radius 1 is 1.40 bits per heavy atom. The lowest BCUT2D eigenvalue weighted by Crippen LogP contribution is -2.33. The number of anilines is 1. The Labute approximate surface area is 92.9 Å². The van der Waals surface area contributed by atoms with Crippen LogP contribution in [0.3, 0.4) is 0 Å². The molecular formula is C10H12ClNO3. The van der Waals surface area contributed by atoms with Crippen molar-refractivity contribution in [2.75, 3.05) is 20.0 Å². The van der Waals surface area contributed by atoms with Crippen LogP contribution in [0.25, 0.3) is 0 Å². The highest BCUT2D eigenvalue weighted by Crippen LogP contribution is 2.34. The predicted molar refractivity (Wildman–Crippen MR) is 57.4 cm³/mol. The molecule has 15 heavy (non-hydrogen) atoms. The molecule has 0 amide bonds. The smallest absolute Gasteiger partial charge is 0.359 e. The van der Waals surface area contributed by atoms with E-state index in [9.17, 15) is 4.79 Å². The molecule has 0 fully saturated rings. The summed E-state index contributed by atoms with van der Waals surface area (Å²) in [6, 6.07) is 6.70. The van der Waals surface area contributed by atoms with E-state index in [0.29, 0.717) is 11.3 Å². The van der Waals surface area contributed by atoms with Gasteiger partial charge in [0.2, 0.25) is 0 Å². The molecule has 0 saturated heterocycles. The summed E-state index contributed by atoms with van der Waals surface area (Å²) in [5.74, 6) is -0.704. The van der Waals surface area contributed by atoms with Crippen LogP contribution in [0, 0.1) is 0 Å². The number of carbonyl (C=O) groups is 1. The number of para-hydroxylation sites is 1. The van der Waals surface area contributed by atoms with E-state index in [1.54, 1.807) is 24.3 Å². The first-order valence-corrected chi connectivity index (χ1v) is 4.61. The van der Waals surface area contributed by atoms with Crippen LogP contribution >= 0.6 is 11.6 Å². The second-order valence-electron chi connectivity index (χ2n) is 2.88. The summed E-state index contributed by atoms with van der Waals surface area (Å²) in [7, 11) is 2.55. The van der Waals surface area contributed by atoms with Gasteiger partial charge in [-0.15, -0.1) is 0 Å². The van der Waals surface area contributed by atoms with E-state index in [0.717, 1.165) is 0 Å². The van der Waals surface area contributed by atoms with Gasteiger partial charge in [-0.1, -0.05) is 29.8 Å². The number of ether oxygens (including phenoxy) is 2. The lowest BCUT2D eigenvalue weighted by Gasteiger charge is -2.23. The van der Waals surface area contributed by atoms with Gasteiger partial charge in [0.1, 0.15) is 0 Å². The fourth-order valence-electron chi connectivity index (χ4n) is 1.22. The molecule has 0 heterocycles. The first kappa shape index (κ1) is 11.8. The Balaban J connectivity index is 3.23. The second kappa shape index (κ2) is 4.51. The number of benzene rings is 1. The van der Waals surface area contributed by atoms with Crippen LogP contribution in [0.15, 0.2) is 24.3 Å². The molecular weight excluding hydrogens is 218 g/mol. The molecule has 0 aliphatic rings. The molecule has 1 aromatic carbocycles. The Kier molecular flexibility index (Phi) is 3.55. The maximum Gasteiger partial charge on any atom is 0.359 e. The first-order valence-electron chi connectivity index (χ1n) is 4.23. The van der Waals surface area contributed by atoms with Crippen molar-refractivity contribution in [3.05, 3.63) is 29.8 Å². The first-order chi connectivity index (χ1) is 7.06. The molecule has 0 spiro atoms. The predicted octanol–water partition coefficient (Wildman–Crippen LogP) is 1.48. The highest BCUT2D eigenvalue weighted by atomic mass is 35.5. The SMILES string of the molecule is COC(=O)C(Cl)(OC)c1ccccc1N. The number of hydrogen-bond acceptors (Lipinski definition) is 4. The van der Waals surface area contributed by atoms with Crippen molar-refractivity contribution in [3.63, 3.8) is 0 Å². The number of alkyl halides is 1. The van der Waals surface area contributed by atoms with Gasteiger partial charge in [0, 0.05) is 18.4 Å². The molecule has 0 aliphatic heterocycles. The van der Waals surface area contributed by atoms with Gasteiger partial charge in [0.15, 0.2) is 0 Å². The maximum atomic E-state index is 11.5. The summed E-state index contributed by atoms with van der Waals surface area (Å²) in [6.07, 6.45) is 0. The number of methoxy groups -OCH3 is 2. The van der Waals surface area contributed by atoms with Crippen LogP contribution in [0.1, 0.15) is 5.56 Å². The molecule has 1 atom stereocenters. The van der Waals surface area contributed by atoms with Gasteiger partial charge in [0.25, 0.3) is 5.06 Å². The van der Waals surface area contributed by atoms with Crippen molar-refractivity contribution in [3.8, 4) is 0 Å². The highest BCUT2D eigenvalue weighted by Gasteiger charge is 2.41. The Hall–Kier alpha value is -1.26. The van der Waals surface area contributed by atoms with Gasteiger partial charge >= 0.3 is 5.97 Å². The van der Waals surface area contributed by atoms with Gasteiger partial charge < -0.3 is 15.2 Å². The Morgan fingerprint density at radius 2 is 2.00 bits per heavy atom. The summed E-state index contributed by atoms with van der Waals surface area (Å²) in [6.45, 7) is 0. The number of carbonyl (C=O) groups excluding carboxylic acids is 1. The molecule has 4 nitrogen and oxygen atoms in total. The molecule has 1 unspecified atom stereocenters. The number of hydrogen-bond donors (Lipinski definition) is 1. The van der Waals surface area contributed by atoms with E-state index in [1.165, 1.54) is 14.2 Å². The standard InChI is InChI=1S/C10H12ClNO3/c1-14-9(13)10(11,15-2)7-5-3-4-6-8(7)12/h3-6H,12H2,1-2H3. The minimum atomic E-state index is -1.68. The average Bonchev–Trinajstić information content (AvgIpc) is 2.27. The van der Waals surface area contributed by atoms with Crippen molar-refractivity contribution >= 4 is 23.3 Å². The summed E-state index contributed by atoms with van der Waals surface area (Å²) in [5, 5.41) is -1.68. The quantitative estimate of drug-likeness (QED) is 0.485. The zero-order valence-corrected chi connectivity index (χ0v) is 9.25. The van der Waals surface area contributed by atoms with E-state index in [4.69, 9.17) is 22.1 Å². The fourth-order valence-corrected chi connectivity index (χ4v) is 1.47. The number of nitrogen functional groups attached to an aromatic ring is 1. The summed E-state index contributed by atoms with van der Waals surface area (Å²) in [4.78, 5) is 11.5. The minimum absolute atomic E-state index is 0.375. The van der Waals surface area contributed by atoms with Crippen molar-refractivity contribution in [1.29, 1.82) is 0 Å². The van der Waals surface area contributed by atoms with Crippen LogP contribution in [0.5, 0.6) is 0 Å². The van der Waals surface area contributed by atoms with Gasteiger partial charge in [-0.3, -0.25) is 0 Å². The van der Waals surface area contributed by atoms with E-state index in [2.05, 4.69) is 4.74 Å². The molecule has 0 radical (unpaired) electrons. The number of rotatable bonds is 3. The third-order valence-electron chi connectivity index (χ3n) is 2.04. The van der Waals surface area contributed by atoms with Crippen molar-refractivity contribution < 1.29 is 14.3 Å². The fraction of sp³-hybridized carbons (Fsp3) is 0.300. The molecule has 82 valence electrons. The van der Waals surface area contributed by atoms with E-state index in [1.807, 2.05) is 0 Å². The monoisotopic (exact) mass is 229 g/mol. The molecule has 0 aromatic heterocycles. The molecule has 2 N–H and O–H groups in total. The number of halogens is 1. The van der Waals surface area contributed by atoms with Crippen LogP contribution in [-0.4, -0.2) is 20.2 Å². The largest absolute Gasteiger partial charge is 0.466 e. The Morgan fingerprint density at radius 3 is 2.47 bits per heavy atom. The van der Waals surface area contributed by atoms with Gasteiger partial charge in [-0.05, 0) is 6.07 Å². The van der Waals surface area contributed by atoms with Gasteiger partial charge in [-0.2, -0.15) is 0 Å². The average molecular weight is 230 g/mol. The molecule has 0 saturated carbocycles. The zero-order valence-electron chi connectivity index (χ0n) is 8.49. The van der Waals surface area contributed by atoms with E-state index < -0.39 is 11.0 Å². The van der Waals surface area contributed by atoms with Crippen LogP contribution < -0.4 is 5.73 Å². The van der Waals surface area contributed by atoms with E-state index >= 15 is 0 Å². The van der Waals surface area contributed by atoms with Gasteiger partial charge in [-0.25, -0.2) is 4.79 Å². The zero-order chi connectivity index (χ0) is 11.5. The summed E-state index contributed by atoms with van der Waals surface area (Å²) in [5.41, 5.74) is 6.45. The number of esters is 1. The van der Waals surface area contributed by atoms with Crippen LogP contribution in [0.4, 0.5) is 5.69 Å². The lowest BCUT2D eigenvalue weighted by molar-refractivity contribution is -0.157. The minimum Gasteiger partial charge on any atom is -0.466 e. The highest BCUT2D eigenvalue weighted by molar-refractivity contribution is 6.33. The molecule has 0 bridgehead atoms. The topological polar surface area (TPSA) is 61.5 Å². The summed E-state index contributed by atoms with van der Waals surface area (Å²) >= 11 is 6.03. The number of nitrogens with two attached hydrogens (primary N) is 1. The molecule has 1 aromatic rings. The third kappa shape index (κ3) is 2.06. The van der Waals surface area contributed by atoms with Crippen LogP contribution in [-0.2, 0) is 19.3 Å². The van der Waals surface area contributed by atoms with E-state index in [-0.39, 0.29) is 0 Å².